The molecule has 1 rings (SSSR count). The fourth-order valence-corrected chi connectivity index (χ4v) is 1.97. The van der Waals surface area contributed by atoms with Gasteiger partial charge in [-0.15, -0.1) is 0 Å². The summed E-state index contributed by atoms with van der Waals surface area (Å²) in [5.41, 5.74) is -0.0869. The predicted octanol–water partition coefficient (Wildman–Crippen LogP) is 3.85. The average Bonchev–Trinajstić information content (AvgIpc) is 2.20. The third-order valence-corrected chi connectivity index (χ3v) is 3.54. The van der Waals surface area contributed by atoms with E-state index >= 15 is 0 Å². The minimum Gasteiger partial charge on any atom is -0.226 e. The number of hydrogen-bond acceptors (Lipinski definition) is 2. The SMILES string of the molecule is CCCCC1(C)OOC1(C)CCCC. The highest BCUT2D eigenvalue weighted by atomic mass is 17.3. The standard InChI is InChI=1S/C12H24O2/c1-5-7-9-11(3)12(4,14-13-11)10-8-6-2/h5-10H2,1-4H3. The molecule has 14 heavy (non-hydrogen) atoms. The molecular formula is C12H24O2. The molecule has 84 valence electrons. The van der Waals surface area contributed by atoms with Crippen LogP contribution in [0.1, 0.15) is 66.2 Å². The fraction of sp³-hybridized carbons (Fsp3) is 1.00. The van der Waals surface area contributed by atoms with E-state index in [9.17, 15) is 0 Å². The highest BCUT2D eigenvalue weighted by molar-refractivity contribution is 4.99. The number of hydrogen-bond donors (Lipinski definition) is 0. The van der Waals surface area contributed by atoms with E-state index < -0.39 is 0 Å². The van der Waals surface area contributed by atoms with E-state index in [1.54, 1.807) is 0 Å². The minimum absolute atomic E-state index is 0.0435. The smallest absolute Gasteiger partial charge is 0.132 e. The van der Waals surface area contributed by atoms with Gasteiger partial charge in [0.2, 0.25) is 0 Å². The van der Waals surface area contributed by atoms with Gasteiger partial charge in [-0.3, -0.25) is 0 Å². The average molecular weight is 200 g/mol. The Morgan fingerprint density at radius 3 is 1.36 bits per heavy atom. The van der Waals surface area contributed by atoms with Crippen LogP contribution in [-0.4, -0.2) is 11.2 Å². The van der Waals surface area contributed by atoms with E-state index in [0.29, 0.717) is 0 Å². The summed E-state index contributed by atoms with van der Waals surface area (Å²) in [5.74, 6) is 0. The van der Waals surface area contributed by atoms with E-state index in [0.717, 1.165) is 12.8 Å². The normalized spacial score (nSPS) is 36.9. The molecule has 0 aromatic heterocycles. The first-order chi connectivity index (χ1) is 6.58. The molecule has 1 heterocycles. The minimum atomic E-state index is -0.0435. The Morgan fingerprint density at radius 2 is 1.14 bits per heavy atom. The lowest BCUT2D eigenvalue weighted by Gasteiger charge is -2.53. The largest absolute Gasteiger partial charge is 0.226 e. The molecule has 0 aromatic carbocycles. The van der Waals surface area contributed by atoms with Gasteiger partial charge in [-0.05, 0) is 26.7 Å². The fourth-order valence-electron chi connectivity index (χ4n) is 1.97. The zero-order chi connectivity index (χ0) is 10.7. The van der Waals surface area contributed by atoms with Crippen LogP contribution in [0.15, 0.2) is 0 Å². The summed E-state index contributed by atoms with van der Waals surface area (Å²) in [4.78, 5) is 10.7. The van der Waals surface area contributed by atoms with Crippen molar-refractivity contribution in [1.82, 2.24) is 0 Å². The lowest BCUT2D eigenvalue weighted by molar-refractivity contribution is -0.547. The van der Waals surface area contributed by atoms with E-state index in [2.05, 4.69) is 27.7 Å². The van der Waals surface area contributed by atoms with Gasteiger partial charge in [-0.1, -0.05) is 39.5 Å². The zero-order valence-electron chi connectivity index (χ0n) is 10.1. The molecule has 0 saturated carbocycles. The molecule has 0 radical (unpaired) electrons. The van der Waals surface area contributed by atoms with Crippen LogP contribution in [0.3, 0.4) is 0 Å². The Bertz CT molecular complexity index is 161. The van der Waals surface area contributed by atoms with Crippen LogP contribution >= 0.6 is 0 Å². The van der Waals surface area contributed by atoms with Crippen LogP contribution in [-0.2, 0) is 9.78 Å². The molecule has 1 fully saturated rings. The Morgan fingerprint density at radius 1 is 0.786 bits per heavy atom. The van der Waals surface area contributed by atoms with Crippen molar-refractivity contribution < 1.29 is 9.78 Å². The van der Waals surface area contributed by atoms with Crippen molar-refractivity contribution in [3.05, 3.63) is 0 Å². The Balaban J connectivity index is 2.44. The van der Waals surface area contributed by atoms with Crippen molar-refractivity contribution in [3.63, 3.8) is 0 Å². The van der Waals surface area contributed by atoms with Gasteiger partial charge in [0, 0.05) is 0 Å². The van der Waals surface area contributed by atoms with Gasteiger partial charge in [0.15, 0.2) is 0 Å². The first-order valence-electron chi connectivity index (χ1n) is 5.95. The van der Waals surface area contributed by atoms with Gasteiger partial charge < -0.3 is 0 Å². The van der Waals surface area contributed by atoms with Crippen LogP contribution in [0.25, 0.3) is 0 Å². The van der Waals surface area contributed by atoms with E-state index in [1.807, 2.05) is 0 Å². The summed E-state index contributed by atoms with van der Waals surface area (Å²) in [6.07, 6.45) is 7.13. The maximum Gasteiger partial charge on any atom is 0.132 e. The molecule has 0 aromatic rings. The van der Waals surface area contributed by atoms with Gasteiger partial charge in [0.1, 0.15) is 11.2 Å². The lowest BCUT2D eigenvalue weighted by Crippen LogP contribution is -2.63. The second-order valence-corrected chi connectivity index (χ2v) is 4.84. The van der Waals surface area contributed by atoms with Crippen LogP contribution < -0.4 is 0 Å². The first-order valence-corrected chi connectivity index (χ1v) is 5.95. The highest BCUT2D eigenvalue weighted by Crippen LogP contribution is 2.46. The maximum atomic E-state index is 5.33. The van der Waals surface area contributed by atoms with Crippen LogP contribution in [0.2, 0.25) is 0 Å². The van der Waals surface area contributed by atoms with Gasteiger partial charge in [0.05, 0.1) is 0 Å². The summed E-state index contributed by atoms with van der Waals surface area (Å²) < 4.78 is 0. The van der Waals surface area contributed by atoms with Gasteiger partial charge in [-0.2, -0.15) is 0 Å². The Hall–Kier alpha value is -0.0800. The molecule has 2 unspecified atom stereocenters. The third-order valence-electron chi connectivity index (χ3n) is 3.54. The summed E-state index contributed by atoms with van der Waals surface area (Å²) in [6, 6.07) is 0. The second-order valence-electron chi connectivity index (χ2n) is 4.84. The van der Waals surface area contributed by atoms with Crippen LogP contribution in [0.4, 0.5) is 0 Å². The molecule has 2 heteroatoms. The molecule has 1 aliphatic rings. The third kappa shape index (κ3) is 2.12. The molecule has 0 bridgehead atoms. The topological polar surface area (TPSA) is 18.5 Å². The zero-order valence-corrected chi connectivity index (χ0v) is 10.1. The molecule has 0 aliphatic carbocycles. The maximum absolute atomic E-state index is 5.33. The molecule has 1 saturated heterocycles. The summed E-state index contributed by atoms with van der Waals surface area (Å²) >= 11 is 0. The predicted molar refractivity (Wildman–Crippen MR) is 58.0 cm³/mol. The quantitative estimate of drug-likeness (QED) is 0.606. The van der Waals surface area contributed by atoms with E-state index in [4.69, 9.17) is 9.78 Å². The van der Waals surface area contributed by atoms with Crippen molar-refractivity contribution in [2.45, 2.75) is 77.4 Å². The molecule has 1 aliphatic heterocycles. The van der Waals surface area contributed by atoms with Gasteiger partial charge in [0.25, 0.3) is 0 Å². The van der Waals surface area contributed by atoms with E-state index in [-0.39, 0.29) is 11.2 Å². The van der Waals surface area contributed by atoms with Crippen LogP contribution in [0.5, 0.6) is 0 Å². The van der Waals surface area contributed by atoms with Crippen molar-refractivity contribution in [2.75, 3.05) is 0 Å². The summed E-state index contributed by atoms with van der Waals surface area (Å²) in [6.45, 7) is 8.79. The van der Waals surface area contributed by atoms with Crippen molar-refractivity contribution in [3.8, 4) is 0 Å². The Labute approximate surface area is 87.9 Å². The monoisotopic (exact) mass is 200 g/mol. The summed E-state index contributed by atoms with van der Waals surface area (Å²) in [5, 5.41) is 0. The Kier molecular flexibility index (Phi) is 3.96. The van der Waals surface area contributed by atoms with E-state index in [1.165, 1.54) is 25.7 Å². The molecule has 0 amide bonds. The van der Waals surface area contributed by atoms with Crippen molar-refractivity contribution >= 4 is 0 Å². The second kappa shape index (κ2) is 4.63. The van der Waals surface area contributed by atoms with Crippen molar-refractivity contribution in [1.29, 1.82) is 0 Å². The van der Waals surface area contributed by atoms with Gasteiger partial charge >= 0.3 is 0 Å². The molecule has 2 nitrogen and oxygen atoms in total. The first kappa shape index (κ1) is 12.0. The number of rotatable bonds is 6. The number of unbranched alkanes of at least 4 members (excludes halogenated alkanes) is 2. The summed E-state index contributed by atoms with van der Waals surface area (Å²) in [7, 11) is 0. The highest BCUT2D eigenvalue weighted by Gasteiger charge is 2.56. The van der Waals surface area contributed by atoms with Crippen molar-refractivity contribution in [2.24, 2.45) is 0 Å². The lowest BCUT2D eigenvalue weighted by atomic mass is 9.77. The molecular weight excluding hydrogens is 176 g/mol. The molecule has 0 spiro atoms. The molecule has 0 N–H and O–H groups in total. The molecule has 2 atom stereocenters. The van der Waals surface area contributed by atoms with Gasteiger partial charge in [-0.25, -0.2) is 9.78 Å². The van der Waals surface area contributed by atoms with Crippen LogP contribution in [0, 0.1) is 0 Å².